The van der Waals surface area contributed by atoms with Crippen LogP contribution in [0.2, 0.25) is 10.0 Å². The molecule has 0 spiro atoms. The van der Waals surface area contributed by atoms with Gasteiger partial charge in [0.05, 0.1) is 16.3 Å². The summed E-state index contributed by atoms with van der Waals surface area (Å²) in [6, 6.07) is 2.85. The van der Waals surface area contributed by atoms with Crippen LogP contribution in [0.15, 0.2) is 26.8 Å². The number of carbonyl (C=O) groups is 1. The van der Waals surface area contributed by atoms with Gasteiger partial charge in [-0.2, -0.15) is 5.10 Å². The Bertz CT molecular complexity index is 900. The number of rotatable bonds is 6. The third kappa shape index (κ3) is 5.33. The van der Waals surface area contributed by atoms with E-state index in [1.807, 2.05) is 4.98 Å². The SMILES string of the molecule is O=C(CCNc1n[nH]c(=O)[nH]c1=O)N/N=C/c1cc(Cl)c(O)c(Cl)c1. The molecular formula is C13H12Cl2N6O4. The van der Waals surface area contributed by atoms with Gasteiger partial charge >= 0.3 is 5.69 Å². The number of benzene rings is 1. The highest BCUT2D eigenvalue weighted by molar-refractivity contribution is 6.37. The van der Waals surface area contributed by atoms with Crippen LogP contribution in [0.25, 0.3) is 0 Å². The average Bonchev–Trinajstić information content (AvgIpc) is 2.54. The van der Waals surface area contributed by atoms with Crippen LogP contribution in [0.1, 0.15) is 12.0 Å². The van der Waals surface area contributed by atoms with Crippen LogP contribution in [-0.2, 0) is 4.79 Å². The summed E-state index contributed by atoms with van der Waals surface area (Å²) in [7, 11) is 0. The molecular weight excluding hydrogens is 375 g/mol. The number of hydrazone groups is 1. The maximum absolute atomic E-state index is 11.6. The number of aromatic nitrogens is 3. The predicted molar refractivity (Wildman–Crippen MR) is 92.4 cm³/mol. The molecule has 0 aliphatic heterocycles. The van der Waals surface area contributed by atoms with E-state index >= 15 is 0 Å². The number of halogens is 2. The third-order valence-corrected chi connectivity index (χ3v) is 3.37. The first-order valence-corrected chi connectivity index (χ1v) is 7.55. The third-order valence-electron chi connectivity index (χ3n) is 2.80. The first kappa shape index (κ1) is 18.5. The summed E-state index contributed by atoms with van der Waals surface area (Å²) in [4.78, 5) is 35.8. The van der Waals surface area contributed by atoms with Crippen molar-refractivity contribution >= 4 is 41.1 Å². The highest BCUT2D eigenvalue weighted by Gasteiger charge is 2.06. The van der Waals surface area contributed by atoms with E-state index in [2.05, 4.69) is 26.0 Å². The van der Waals surface area contributed by atoms with Crippen molar-refractivity contribution in [3.63, 3.8) is 0 Å². The second-order valence-electron chi connectivity index (χ2n) is 4.66. The molecule has 1 amide bonds. The smallest absolute Gasteiger partial charge is 0.342 e. The number of carbonyl (C=O) groups excluding carboxylic acids is 1. The molecule has 1 aromatic heterocycles. The normalized spacial score (nSPS) is 10.8. The Morgan fingerprint density at radius 1 is 1.32 bits per heavy atom. The molecule has 25 heavy (non-hydrogen) atoms. The second-order valence-corrected chi connectivity index (χ2v) is 5.47. The Kier molecular flexibility index (Phi) is 6.14. The molecule has 1 aromatic carbocycles. The van der Waals surface area contributed by atoms with Crippen molar-refractivity contribution in [2.24, 2.45) is 5.10 Å². The Labute approximate surface area is 149 Å². The van der Waals surface area contributed by atoms with Gasteiger partial charge in [-0.05, 0) is 17.7 Å². The largest absolute Gasteiger partial charge is 0.505 e. The monoisotopic (exact) mass is 386 g/mol. The van der Waals surface area contributed by atoms with Crippen molar-refractivity contribution in [1.82, 2.24) is 20.6 Å². The zero-order valence-electron chi connectivity index (χ0n) is 12.5. The van der Waals surface area contributed by atoms with Crippen LogP contribution in [0.4, 0.5) is 5.82 Å². The minimum Gasteiger partial charge on any atom is -0.505 e. The van der Waals surface area contributed by atoms with Crippen LogP contribution in [0.3, 0.4) is 0 Å². The average molecular weight is 387 g/mol. The molecule has 132 valence electrons. The van der Waals surface area contributed by atoms with Gasteiger partial charge in [0.2, 0.25) is 11.7 Å². The predicted octanol–water partition coefficient (Wildman–Crippen LogP) is 0.423. The van der Waals surface area contributed by atoms with Crippen LogP contribution in [0.5, 0.6) is 5.75 Å². The van der Waals surface area contributed by atoms with Crippen molar-refractivity contribution in [1.29, 1.82) is 0 Å². The maximum Gasteiger partial charge on any atom is 0.342 e. The molecule has 0 radical (unpaired) electrons. The molecule has 1 heterocycles. The number of anilines is 1. The molecule has 0 saturated carbocycles. The molecule has 5 N–H and O–H groups in total. The lowest BCUT2D eigenvalue weighted by molar-refractivity contribution is -0.120. The molecule has 10 nitrogen and oxygen atoms in total. The van der Waals surface area contributed by atoms with Crippen molar-refractivity contribution in [2.45, 2.75) is 6.42 Å². The number of aromatic amines is 2. The molecule has 0 bridgehead atoms. The van der Waals surface area contributed by atoms with E-state index in [9.17, 15) is 19.5 Å². The fourth-order valence-corrected chi connectivity index (χ4v) is 2.16. The van der Waals surface area contributed by atoms with Gasteiger partial charge in [0.25, 0.3) is 5.56 Å². The van der Waals surface area contributed by atoms with Crippen LogP contribution < -0.4 is 22.0 Å². The van der Waals surface area contributed by atoms with Crippen molar-refractivity contribution in [2.75, 3.05) is 11.9 Å². The molecule has 0 aliphatic rings. The standard InChI is InChI=1S/C13H12Cl2N6O4/c14-7-3-6(4-8(15)10(7)23)5-17-19-9(22)1-2-16-11-12(24)18-13(25)21-20-11/h3-5,23H,1-2H2,(H,16,20)(H,19,22)(H2,18,21,24,25)/b17-5+. The minimum atomic E-state index is -0.725. The van der Waals surface area contributed by atoms with Gasteiger partial charge in [-0.25, -0.2) is 15.3 Å². The number of amides is 1. The van der Waals surface area contributed by atoms with Gasteiger partial charge in [0.1, 0.15) is 0 Å². The summed E-state index contributed by atoms with van der Waals surface area (Å²) in [5.74, 6) is -0.772. The lowest BCUT2D eigenvalue weighted by Crippen LogP contribution is -2.28. The molecule has 2 aromatic rings. The Balaban J connectivity index is 1.82. The van der Waals surface area contributed by atoms with E-state index in [0.717, 1.165) is 0 Å². The van der Waals surface area contributed by atoms with E-state index < -0.39 is 17.2 Å². The van der Waals surface area contributed by atoms with Gasteiger partial charge in [0, 0.05) is 13.0 Å². The molecule has 0 unspecified atom stereocenters. The quantitative estimate of drug-likeness (QED) is 0.358. The van der Waals surface area contributed by atoms with E-state index in [-0.39, 0.29) is 34.6 Å². The van der Waals surface area contributed by atoms with Crippen molar-refractivity contribution in [3.05, 3.63) is 48.6 Å². The van der Waals surface area contributed by atoms with Crippen LogP contribution in [-0.4, -0.2) is 39.0 Å². The zero-order valence-corrected chi connectivity index (χ0v) is 14.0. The van der Waals surface area contributed by atoms with Gasteiger partial charge in [-0.15, -0.1) is 5.10 Å². The van der Waals surface area contributed by atoms with Gasteiger partial charge < -0.3 is 10.4 Å². The topological polar surface area (TPSA) is 152 Å². The number of phenols is 1. The summed E-state index contributed by atoms with van der Waals surface area (Å²) < 4.78 is 0. The van der Waals surface area contributed by atoms with E-state index in [1.54, 1.807) is 0 Å². The summed E-state index contributed by atoms with van der Waals surface area (Å²) in [6.45, 7) is 0.0976. The summed E-state index contributed by atoms with van der Waals surface area (Å²) in [5, 5.41) is 21.4. The number of H-pyrrole nitrogens is 2. The number of aromatic hydroxyl groups is 1. The minimum absolute atomic E-state index is 0.00528. The maximum atomic E-state index is 11.6. The first-order chi connectivity index (χ1) is 11.9. The van der Waals surface area contributed by atoms with E-state index in [0.29, 0.717) is 5.56 Å². The fraction of sp³-hybridized carbons (Fsp3) is 0.154. The number of hydrogen-bond acceptors (Lipinski definition) is 7. The van der Waals surface area contributed by atoms with Crippen molar-refractivity contribution in [3.8, 4) is 5.75 Å². The van der Waals surface area contributed by atoms with Crippen LogP contribution >= 0.6 is 23.2 Å². The van der Waals surface area contributed by atoms with Crippen molar-refractivity contribution < 1.29 is 9.90 Å². The van der Waals surface area contributed by atoms with Gasteiger partial charge in [-0.3, -0.25) is 14.6 Å². The highest BCUT2D eigenvalue weighted by Crippen LogP contribution is 2.32. The lowest BCUT2D eigenvalue weighted by Gasteiger charge is -2.03. The number of phenolic OH excluding ortho intramolecular Hbond substituents is 1. The van der Waals surface area contributed by atoms with E-state index in [4.69, 9.17) is 23.2 Å². The molecule has 0 saturated heterocycles. The second kappa shape index (κ2) is 8.31. The summed E-state index contributed by atoms with van der Waals surface area (Å²) >= 11 is 11.5. The van der Waals surface area contributed by atoms with Gasteiger partial charge in [0.15, 0.2) is 5.75 Å². The highest BCUT2D eigenvalue weighted by atomic mass is 35.5. The van der Waals surface area contributed by atoms with Gasteiger partial charge in [-0.1, -0.05) is 23.2 Å². The zero-order chi connectivity index (χ0) is 18.4. The number of hydrogen-bond donors (Lipinski definition) is 5. The molecule has 0 atom stereocenters. The summed E-state index contributed by atoms with van der Waals surface area (Å²) in [5.41, 5.74) is 1.34. The molecule has 0 fully saturated rings. The first-order valence-electron chi connectivity index (χ1n) is 6.79. The van der Waals surface area contributed by atoms with Crippen LogP contribution in [0, 0.1) is 0 Å². The summed E-state index contributed by atoms with van der Waals surface area (Å²) in [6.07, 6.45) is 1.30. The fourth-order valence-electron chi connectivity index (χ4n) is 1.66. The Morgan fingerprint density at radius 3 is 2.64 bits per heavy atom. The number of nitrogens with zero attached hydrogens (tertiary/aromatic N) is 2. The van der Waals surface area contributed by atoms with E-state index in [1.165, 1.54) is 18.3 Å². The molecule has 2 rings (SSSR count). The lowest BCUT2D eigenvalue weighted by atomic mass is 10.2. The Morgan fingerprint density at radius 2 is 2.00 bits per heavy atom. The number of nitrogens with one attached hydrogen (secondary N) is 4. The molecule has 12 heteroatoms. The molecule has 0 aliphatic carbocycles. The Hall–Kier alpha value is -2.85.